The molecular weight excluding hydrogens is 1110 g/mol. The Morgan fingerprint density at radius 3 is 0.679 bits per heavy atom. The van der Waals surface area contributed by atoms with Gasteiger partial charge < -0.3 is 9.13 Å². The van der Waals surface area contributed by atoms with Crippen LogP contribution in [0.1, 0.15) is 0 Å². The third-order valence-electron chi connectivity index (χ3n) is 15.6. The Bertz CT molecular complexity index is 3930. The van der Waals surface area contributed by atoms with E-state index in [9.17, 15) is 0 Å². The van der Waals surface area contributed by atoms with Gasteiger partial charge in [-0.15, -0.1) is 0 Å². The molecule has 14 rings (SSSR count). The van der Waals surface area contributed by atoms with Crippen LogP contribution in [0.15, 0.2) is 324 Å². The highest BCUT2D eigenvalue weighted by molar-refractivity contribution is 9.10. The number of hydrogen-bond donors (Lipinski definition) is 0. The molecule has 2 aromatic heterocycles. The van der Waals surface area contributed by atoms with Gasteiger partial charge in [-0.2, -0.15) is 0 Å². The summed E-state index contributed by atoms with van der Waals surface area (Å²) in [5, 5.41) is 16.0. The number of halogens is 2. The van der Waals surface area contributed by atoms with Crippen molar-refractivity contribution < 1.29 is 0 Å². The molecule has 0 radical (unpaired) electrons. The SMILES string of the molecule is Brc1ccc2c(c1)c1cc(Br)ccc1n2-c1ccccc1.c1ccc(-n2c3ccc([Si](c4ccccc4)(c4ccccc4)c4ccccc4)cc3c3cc([Si](c4ccccc4)(c4ccccc4)c4ccccc4)ccc32)cc1. The maximum atomic E-state index is 3.58. The molecule has 0 aliphatic carbocycles. The Morgan fingerprint density at radius 1 is 0.205 bits per heavy atom. The highest BCUT2D eigenvalue weighted by atomic mass is 79.9. The topological polar surface area (TPSA) is 9.86 Å². The smallest absolute Gasteiger partial charge is 0.179 e. The fraction of sp³-hybridized carbons (Fsp3) is 0. The second-order valence-corrected chi connectivity index (χ2v) is 29.3. The van der Waals surface area contributed by atoms with E-state index in [-0.39, 0.29) is 0 Å². The number of para-hydroxylation sites is 2. The van der Waals surface area contributed by atoms with E-state index in [4.69, 9.17) is 0 Å². The van der Waals surface area contributed by atoms with Gasteiger partial charge in [0.15, 0.2) is 16.1 Å². The number of aromatic nitrogens is 2. The van der Waals surface area contributed by atoms with Gasteiger partial charge in [0.2, 0.25) is 0 Å². The van der Waals surface area contributed by atoms with Gasteiger partial charge in [0, 0.05) is 41.9 Å². The summed E-state index contributed by atoms with van der Waals surface area (Å²) in [5.74, 6) is 0. The Kier molecular flexibility index (Phi) is 13.4. The van der Waals surface area contributed by atoms with E-state index in [0.717, 1.165) is 14.6 Å². The van der Waals surface area contributed by atoms with E-state index in [1.807, 2.05) is 6.07 Å². The van der Waals surface area contributed by atoms with Crippen molar-refractivity contribution in [2.24, 2.45) is 0 Å². The van der Waals surface area contributed by atoms with Crippen LogP contribution in [-0.4, -0.2) is 25.3 Å². The molecule has 0 bridgehead atoms. The van der Waals surface area contributed by atoms with Crippen molar-refractivity contribution in [1.82, 2.24) is 9.13 Å². The van der Waals surface area contributed by atoms with Gasteiger partial charge in [0.1, 0.15) is 0 Å². The van der Waals surface area contributed by atoms with Gasteiger partial charge in [-0.3, -0.25) is 0 Å². The van der Waals surface area contributed by atoms with Gasteiger partial charge in [0.25, 0.3) is 0 Å². The highest BCUT2D eigenvalue weighted by Crippen LogP contribution is 2.36. The Hall–Kier alpha value is -8.37. The van der Waals surface area contributed by atoms with Crippen LogP contribution in [0.2, 0.25) is 0 Å². The number of fused-ring (bicyclic) bond motifs is 6. The van der Waals surface area contributed by atoms with Gasteiger partial charge >= 0.3 is 0 Å². The molecule has 0 N–H and O–H groups in total. The third kappa shape index (κ3) is 8.53. The Labute approximate surface area is 474 Å². The molecule has 14 aromatic rings. The normalized spacial score (nSPS) is 11.7. The second-order valence-electron chi connectivity index (χ2n) is 19.8. The zero-order chi connectivity index (χ0) is 52.5. The molecule has 2 heterocycles. The van der Waals surface area contributed by atoms with Crippen LogP contribution in [0.3, 0.4) is 0 Å². The van der Waals surface area contributed by atoms with Gasteiger partial charge in [-0.25, -0.2) is 0 Å². The highest BCUT2D eigenvalue weighted by Gasteiger charge is 2.43. The van der Waals surface area contributed by atoms with Crippen molar-refractivity contribution in [2.75, 3.05) is 0 Å². The molecular formula is C72H52Br2N2Si2. The molecule has 0 atom stereocenters. The van der Waals surface area contributed by atoms with Gasteiger partial charge in [-0.05, 0) is 114 Å². The number of hydrogen-bond acceptors (Lipinski definition) is 0. The summed E-state index contributed by atoms with van der Waals surface area (Å²) in [4.78, 5) is 0. The first-order chi connectivity index (χ1) is 38.5. The summed E-state index contributed by atoms with van der Waals surface area (Å²) in [6.45, 7) is 0. The first-order valence-electron chi connectivity index (χ1n) is 26.5. The molecule has 0 amide bonds. The molecule has 78 heavy (non-hydrogen) atoms. The minimum Gasteiger partial charge on any atom is -0.309 e. The molecule has 12 aromatic carbocycles. The first-order valence-corrected chi connectivity index (χ1v) is 32.0. The summed E-state index contributed by atoms with van der Waals surface area (Å²) in [5.41, 5.74) is 7.20. The zero-order valence-corrected chi connectivity index (χ0v) is 47.8. The lowest BCUT2D eigenvalue weighted by atomic mass is 10.1. The minimum atomic E-state index is -2.78. The van der Waals surface area contributed by atoms with Crippen LogP contribution >= 0.6 is 31.9 Å². The van der Waals surface area contributed by atoms with Crippen molar-refractivity contribution in [3.63, 3.8) is 0 Å². The van der Waals surface area contributed by atoms with Crippen molar-refractivity contribution in [3.8, 4) is 11.4 Å². The number of rotatable bonds is 10. The lowest BCUT2D eigenvalue weighted by Gasteiger charge is -2.34. The average molecular weight is 1160 g/mol. The fourth-order valence-corrected chi connectivity index (χ4v) is 22.6. The summed E-state index contributed by atoms with van der Waals surface area (Å²) >= 11 is 7.16. The van der Waals surface area contributed by atoms with Crippen molar-refractivity contribution in [2.45, 2.75) is 0 Å². The van der Waals surface area contributed by atoms with Crippen LogP contribution in [0.25, 0.3) is 55.0 Å². The van der Waals surface area contributed by atoms with Crippen LogP contribution in [0, 0.1) is 0 Å². The molecule has 0 aliphatic rings. The molecule has 0 spiro atoms. The minimum absolute atomic E-state index is 1.10. The van der Waals surface area contributed by atoms with Crippen molar-refractivity contribution in [1.29, 1.82) is 0 Å². The van der Waals surface area contributed by atoms with Crippen molar-refractivity contribution >= 4 is 133 Å². The van der Waals surface area contributed by atoms with Crippen LogP contribution in [0.4, 0.5) is 0 Å². The Morgan fingerprint density at radius 2 is 0.423 bits per heavy atom. The number of nitrogens with zero attached hydrogens (tertiary/aromatic N) is 2. The summed E-state index contributed by atoms with van der Waals surface area (Å²) < 4.78 is 6.97. The van der Waals surface area contributed by atoms with E-state index >= 15 is 0 Å². The molecule has 0 fully saturated rings. The average Bonchev–Trinajstić information content (AvgIpc) is 4.15. The fourth-order valence-electron chi connectivity index (χ4n) is 12.3. The standard InChI is InChI=1S/C54H41NSi2.C18H11Br2N/c1-8-22-42(23-9-1)55-53-38-36-49(56(43-24-10-2-11-25-43,44-26-12-3-13-27-44)45-28-14-4-15-29-45)40-51(53)52-41-50(37-39-54(52)55)57(46-30-16-5-17-31-46,47-32-18-6-19-33-47)48-34-20-7-21-35-48;19-12-6-8-17-15(10-12)16-11-13(20)7-9-18(16)21(17)14-4-2-1-3-5-14/h1-41H;1-11H. The van der Waals surface area contributed by atoms with Crippen molar-refractivity contribution in [3.05, 3.63) is 324 Å². The first kappa shape index (κ1) is 49.2. The van der Waals surface area contributed by atoms with Crippen LogP contribution < -0.4 is 41.5 Å². The maximum absolute atomic E-state index is 3.58. The molecule has 0 aliphatic heterocycles. The lowest BCUT2D eigenvalue weighted by Crippen LogP contribution is -2.74. The van der Waals surface area contributed by atoms with Crippen LogP contribution in [0.5, 0.6) is 0 Å². The maximum Gasteiger partial charge on any atom is 0.179 e. The number of benzene rings is 12. The predicted molar refractivity (Wildman–Crippen MR) is 344 cm³/mol. The third-order valence-corrected chi connectivity index (χ3v) is 26.1. The molecule has 372 valence electrons. The monoisotopic (exact) mass is 1160 g/mol. The lowest BCUT2D eigenvalue weighted by molar-refractivity contribution is 1.18. The van der Waals surface area contributed by atoms with E-state index in [1.165, 1.54) is 90.8 Å². The van der Waals surface area contributed by atoms with Gasteiger partial charge in [0.05, 0.1) is 22.1 Å². The second kappa shape index (κ2) is 21.2. The quantitative estimate of drug-likeness (QED) is 0.0954. The van der Waals surface area contributed by atoms with E-state index in [2.05, 4.69) is 350 Å². The van der Waals surface area contributed by atoms with Crippen LogP contribution in [-0.2, 0) is 0 Å². The summed E-state index contributed by atoms with van der Waals surface area (Å²) in [6, 6.07) is 116. The van der Waals surface area contributed by atoms with E-state index < -0.39 is 16.1 Å². The summed E-state index contributed by atoms with van der Waals surface area (Å²) in [7, 11) is -5.57. The molecule has 0 unspecified atom stereocenters. The molecule has 2 nitrogen and oxygen atoms in total. The molecule has 0 saturated carbocycles. The summed E-state index contributed by atoms with van der Waals surface area (Å²) in [6.07, 6.45) is 0. The predicted octanol–water partition coefficient (Wildman–Crippen LogP) is 13.8. The largest absolute Gasteiger partial charge is 0.309 e. The van der Waals surface area contributed by atoms with Gasteiger partial charge in [-0.1, -0.05) is 275 Å². The Balaban J connectivity index is 0.000000229. The molecule has 6 heteroatoms. The molecule has 0 saturated heterocycles. The van der Waals surface area contributed by atoms with E-state index in [0.29, 0.717) is 0 Å². The zero-order valence-electron chi connectivity index (χ0n) is 42.7. The van der Waals surface area contributed by atoms with E-state index in [1.54, 1.807) is 0 Å².